The van der Waals surface area contributed by atoms with E-state index in [0.717, 1.165) is 43.2 Å². The van der Waals surface area contributed by atoms with E-state index in [1.807, 2.05) is 32.0 Å². The Morgan fingerprint density at radius 3 is 2.16 bits per heavy atom. The molecule has 0 aromatic heterocycles. The van der Waals surface area contributed by atoms with Crippen molar-refractivity contribution < 1.29 is 23.9 Å². The van der Waals surface area contributed by atoms with Gasteiger partial charge in [-0.15, -0.1) is 0 Å². The second kappa shape index (κ2) is 16.9. The van der Waals surface area contributed by atoms with Crippen molar-refractivity contribution in [2.75, 3.05) is 11.9 Å². The lowest BCUT2D eigenvalue weighted by Gasteiger charge is -2.35. The molecule has 0 saturated carbocycles. The van der Waals surface area contributed by atoms with Crippen molar-refractivity contribution in [3.05, 3.63) is 64.2 Å². The predicted molar refractivity (Wildman–Crippen MR) is 171 cm³/mol. The van der Waals surface area contributed by atoms with E-state index in [4.69, 9.17) is 22.1 Å². The minimum atomic E-state index is -1.34. The summed E-state index contributed by atoms with van der Waals surface area (Å²) in [6, 6.07) is 10.2. The van der Waals surface area contributed by atoms with Crippen LogP contribution in [0, 0.1) is 13.8 Å². The van der Waals surface area contributed by atoms with Crippen LogP contribution < -0.4 is 16.4 Å². The van der Waals surface area contributed by atoms with Gasteiger partial charge in [-0.2, -0.15) is 0 Å². The van der Waals surface area contributed by atoms with Crippen molar-refractivity contribution in [3.8, 4) is 0 Å². The van der Waals surface area contributed by atoms with E-state index in [2.05, 4.69) is 17.6 Å². The SMILES string of the molecule is CCCCCCCCN(C(=O)C(CC(N)=O)NC(=O)OC(C)(C)C)C(C(=O)Nc1c(C)cccc1Cl)c1ccccc1C. The van der Waals surface area contributed by atoms with Gasteiger partial charge < -0.3 is 26.0 Å². The molecule has 0 aliphatic rings. The standard InChI is InChI=1S/C33H47ClN4O5/c1-7-8-9-10-11-14-20-38(31(41)26(21-27(35)39)36-32(42)43-33(4,5)6)29(24-18-13-12-16-22(24)2)30(40)37-28-23(3)17-15-19-25(28)34/h12-13,15-19,26,29H,7-11,14,20-21H2,1-6H3,(H2,35,39)(H,36,42)(H,37,40). The minimum Gasteiger partial charge on any atom is -0.444 e. The third-order valence-corrected chi connectivity index (χ3v) is 7.26. The van der Waals surface area contributed by atoms with E-state index >= 15 is 0 Å². The summed E-state index contributed by atoms with van der Waals surface area (Å²) in [4.78, 5) is 54.7. The summed E-state index contributed by atoms with van der Waals surface area (Å²) in [5.74, 6) is -1.87. The molecule has 0 saturated heterocycles. The molecule has 43 heavy (non-hydrogen) atoms. The smallest absolute Gasteiger partial charge is 0.408 e. The first-order valence-electron chi connectivity index (χ1n) is 14.9. The first-order valence-corrected chi connectivity index (χ1v) is 15.3. The number of aryl methyl sites for hydroxylation is 2. The molecule has 4 amide bonds. The number of amides is 4. The number of nitrogens with two attached hydrogens (primary N) is 1. The number of hydrogen-bond donors (Lipinski definition) is 3. The van der Waals surface area contributed by atoms with Crippen molar-refractivity contribution in [3.63, 3.8) is 0 Å². The molecule has 0 aliphatic carbocycles. The second-order valence-electron chi connectivity index (χ2n) is 11.8. The molecule has 236 valence electrons. The van der Waals surface area contributed by atoms with Crippen molar-refractivity contribution >= 4 is 41.1 Å². The van der Waals surface area contributed by atoms with Gasteiger partial charge in [-0.3, -0.25) is 14.4 Å². The maximum Gasteiger partial charge on any atom is 0.408 e. The number of anilines is 1. The number of carbonyl (C=O) groups excluding carboxylic acids is 4. The van der Waals surface area contributed by atoms with Crippen LogP contribution in [0.5, 0.6) is 0 Å². The maximum absolute atomic E-state index is 14.3. The largest absolute Gasteiger partial charge is 0.444 e. The average Bonchev–Trinajstić information content (AvgIpc) is 2.90. The number of ether oxygens (including phenoxy) is 1. The molecule has 4 N–H and O–H groups in total. The van der Waals surface area contributed by atoms with Gasteiger partial charge in [0.25, 0.3) is 5.91 Å². The van der Waals surface area contributed by atoms with Crippen LogP contribution in [0.25, 0.3) is 0 Å². The number of benzene rings is 2. The number of primary amides is 1. The first-order chi connectivity index (χ1) is 20.2. The van der Waals surface area contributed by atoms with Gasteiger partial charge in [-0.25, -0.2) is 4.79 Å². The Bertz CT molecular complexity index is 1240. The van der Waals surface area contributed by atoms with Crippen LogP contribution in [0.2, 0.25) is 5.02 Å². The summed E-state index contributed by atoms with van der Waals surface area (Å²) in [5.41, 5.74) is 7.29. The van der Waals surface area contributed by atoms with Gasteiger partial charge >= 0.3 is 6.09 Å². The van der Waals surface area contributed by atoms with Crippen molar-refractivity contribution in [2.45, 2.75) is 104 Å². The highest BCUT2D eigenvalue weighted by Crippen LogP contribution is 2.31. The summed E-state index contributed by atoms with van der Waals surface area (Å²) in [6.45, 7) is 11.1. The normalized spacial score (nSPS) is 12.6. The van der Waals surface area contributed by atoms with Gasteiger partial charge in [-0.1, -0.05) is 87.0 Å². The quantitative estimate of drug-likeness (QED) is 0.195. The Balaban J connectivity index is 2.57. The molecule has 9 nitrogen and oxygen atoms in total. The van der Waals surface area contributed by atoms with Gasteiger partial charge in [0, 0.05) is 6.54 Å². The number of alkyl carbamates (subject to hydrolysis) is 1. The lowest BCUT2D eigenvalue weighted by atomic mass is 9.97. The zero-order valence-electron chi connectivity index (χ0n) is 26.3. The van der Waals surface area contributed by atoms with E-state index in [-0.39, 0.29) is 6.54 Å². The lowest BCUT2D eigenvalue weighted by molar-refractivity contribution is -0.142. The first kappa shape index (κ1) is 35.6. The van der Waals surface area contributed by atoms with Crippen LogP contribution in [-0.2, 0) is 19.1 Å². The number of halogens is 1. The molecule has 0 heterocycles. The third kappa shape index (κ3) is 11.5. The predicted octanol–water partition coefficient (Wildman–Crippen LogP) is 6.59. The highest BCUT2D eigenvalue weighted by molar-refractivity contribution is 6.34. The molecular weight excluding hydrogens is 568 g/mol. The highest BCUT2D eigenvalue weighted by Gasteiger charge is 2.37. The molecule has 2 unspecified atom stereocenters. The molecule has 2 aromatic rings. The van der Waals surface area contributed by atoms with Gasteiger partial charge in [0.15, 0.2) is 0 Å². The Morgan fingerprint density at radius 2 is 1.56 bits per heavy atom. The maximum atomic E-state index is 14.3. The summed E-state index contributed by atoms with van der Waals surface area (Å²) < 4.78 is 5.37. The monoisotopic (exact) mass is 614 g/mol. The average molecular weight is 615 g/mol. The van der Waals surface area contributed by atoms with Gasteiger partial charge in [0.05, 0.1) is 17.1 Å². The van der Waals surface area contributed by atoms with Gasteiger partial charge in [0.2, 0.25) is 11.8 Å². The Morgan fingerprint density at radius 1 is 0.930 bits per heavy atom. The Kier molecular flexibility index (Phi) is 14.0. The number of unbranched alkanes of at least 4 members (excludes halogenated alkanes) is 5. The van der Waals surface area contributed by atoms with E-state index in [0.29, 0.717) is 22.7 Å². The molecule has 2 atom stereocenters. The Labute approximate surface area is 260 Å². The summed E-state index contributed by atoms with van der Waals surface area (Å²) >= 11 is 6.45. The lowest BCUT2D eigenvalue weighted by Crippen LogP contribution is -2.53. The number of hydrogen-bond acceptors (Lipinski definition) is 5. The van der Waals surface area contributed by atoms with Crippen molar-refractivity contribution in [1.82, 2.24) is 10.2 Å². The van der Waals surface area contributed by atoms with Crippen LogP contribution in [0.1, 0.15) is 95.4 Å². The minimum absolute atomic E-state index is 0.212. The molecule has 2 rings (SSSR count). The molecule has 0 fully saturated rings. The van der Waals surface area contributed by atoms with Crippen LogP contribution in [0.4, 0.5) is 10.5 Å². The molecule has 10 heteroatoms. The van der Waals surface area contributed by atoms with Gasteiger partial charge in [0.1, 0.15) is 17.7 Å². The second-order valence-corrected chi connectivity index (χ2v) is 12.3. The van der Waals surface area contributed by atoms with Crippen LogP contribution in [0.15, 0.2) is 42.5 Å². The third-order valence-electron chi connectivity index (χ3n) is 6.94. The zero-order chi connectivity index (χ0) is 32.2. The summed E-state index contributed by atoms with van der Waals surface area (Å²) in [7, 11) is 0. The van der Waals surface area contributed by atoms with E-state index in [1.165, 1.54) is 4.90 Å². The fourth-order valence-electron chi connectivity index (χ4n) is 4.81. The molecule has 0 aliphatic heterocycles. The van der Waals surface area contributed by atoms with Crippen LogP contribution in [0.3, 0.4) is 0 Å². The van der Waals surface area contributed by atoms with E-state index < -0.39 is 47.9 Å². The number of nitrogens with one attached hydrogen (secondary N) is 2. The fourth-order valence-corrected chi connectivity index (χ4v) is 5.08. The van der Waals surface area contributed by atoms with Crippen molar-refractivity contribution in [2.24, 2.45) is 5.73 Å². The molecule has 2 aromatic carbocycles. The topological polar surface area (TPSA) is 131 Å². The zero-order valence-corrected chi connectivity index (χ0v) is 27.1. The number of para-hydroxylation sites is 1. The molecule has 0 bridgehead atoms. The van der Waals surface area contributed by atoms with E-state index in [9.17, 15) is 19.2 Å². The molecular formula is C33H47ClN4O5. The Hall–Kier alpha value is -3.59. The van der Waals surface area contributed by atoms with Crippen LogP contribution >= 0.6 is 11.6 Å². The van der Waals surface area contributed by atoms with E-state index in [1.54, 1.807) is 45.0 Å². The fraction of sp³-hybridized carbons (Fsp3) is 0.515. The van der Waals surface area contributed by atoms with Crippen LogP contribution in [-0.4, -0.2) is 46.9 Å². The number of carbonyl (C=O) groups is 4. The van der Waals surface area contributed by atoms with Gasteiger partial charge in [-0.05, 0) is 63.8 Å². The summed E-state index contributed by atoms with van der Waals surface area (Å²) in [6.07, 6.45) is 4.41. The number of rotatable bonds is 15. The molecule has 0 radical (unpaired) electrons. The van der Waals surface area contributed by atoms with Crippen molar-refractivity contribution in [1.29, 1.82) is 0 Å². The highest BCUT2D eigenvalue weighted by atomic mass is 35.5. The number of nitrogens with zero attached hydrogens (tertiary/aromatic N) is 1. The summed E-state index contributed by atoms with van der Waals surface area (Å²) in [5, 5.41) is 5.83. The molecule has 0 spiro atoms.